The fraction of sp³-hybridized carbons (Fsp3) is 0.212. The Labute approximate surface area is 248 Å². The third kappa shape index (κ3) is 8.32. The zero-order valence-electron chi connectivity index (χ0n) is 23.3. The van der Waals surface area contributed by atoms with Gasteiger partial charge in [0, 0.05) is 18.3 Å². The van der Waals surface area contributed by atoms with Gasteiger partial charge in [0.15, 0.2) is 6.61 Å². The van der Waals surface area contributed by atoms with Gasteiger partial charge in [-0.25, -0.2) is 9.78 Å². The van der Waals surface area contributed by atoms with Gasteiger partial charge >= 0.3 is 5.97 Å². The van der Waals surface area contributed by atoms with Crippen LogP contribution in [-0.4, -0.2) is 46.6 Å². The topological polar surface area (TPSA) is 136 Å². The van der Waals surface area contributed by atoms with Gasteiger partial charge in [0.05, 0.1) is 22.9 Å². The fourth-order valence-corrected chi connectivity index (χ4v) is 4.71. The summed E-state index contributed by atoms with van der Waals surface area (Å²) in [4.78, 5) is 40.4. The zero-order chi connectivity index (χ0) is 30.0. The molecule has 4 aromatic rings. The van der Waals surface area contributed by atoms with Crippen LogP contribution in [0.4, 0.5) is 5.69 Å². The number of aromatic nitrogens is 1. The van der Waals surface area contributed by atoms with Crippen molar-refractivity contribution in [1.29, 1.82) is 0 Å². The lowest BCUT2D eigenvalue weighted by molar-refractivity contribution is -0.124. The van der Waals surface area contributed by atoms with E-state index in [2.05, 4.69) is 15.6 Å². The van der Waals surface area contributed by atoms with E-state index >= 15 is 0 Å². The van der Waals surface area contributed by atoms with Gasteiger partial charge in [-0.1, -0.05) is 30.3 Å². The minimum atomic E-state index is -1.13. The van der Waals surface area contributed by atoms with Crippen LogP contribution in [0.1, 0.15) is 46.4 Å². The van der Waals surface area contributed by atoms with Gasteiger partial charge in [-0.2, -0.15) is 0 Å². The molecular weight excluding hydrogens is 550 g/mol. The number of benzene rings is 3. The number of amides is 2. The first-order valence-corrected chi connectivity index (χ1v) is 13.9. The highest BCUT2D eigenvalue weighted by molar-refractivity contribution is 6.07. The van der Waals surface area contributed by atoms with Gasteiger partial charge < -0.3 is 30.0 Å². The van der Waals surface area contributed by atoms with E-state index in [-0.39, 0.29) is 41.5 Å². The molecule has 2 amide bonds. The summed E-state index contributed by atoms with van der Waals surface area (Å²) < 4.78 is 17.5. The normalized spacial score (nSPS) is 16.0. The number of anilines is 1. The van der Waals surface area contributed by atoms with Gasteiger partial charge in [-0.05, 0) is 80.3 Å². The number of carboxylic acid groups (broad SMARTS) is 1. The van der Waals surface area contributed by atoms with Crippen molar-refractivity contribution in [2.75, 3.05) is 11.9 Å². The second kappa shape index (κ2) is 14.0. The van der Waals surface area contributed by atoms with Crippen LogP contribution in [0.3, 0.4) is 0 Å². The van der Waals surface area contributed by atoms with Crippen molar-refractivity contribution in [3.63, 3.8) is 0 Å². The van der Waals surface area contributed by atoms with E-state index in [1.807, 2.05) is 42.5 Å². The van der Waals surface area contributed by atoms with E-state index in [9.17, 15) is 19.5 Å². The number of carboxylic acids is 1. The molecule has 1 aliphatic rings. The van der Waals surface area contributed by atoms with Crippen molar-refractivity contribution in [3.05, 3.63) is 108 Å². The molecule has 0 radical (unpaired) electrons. The first-order valence-electron chi connectivity index (χ1n) is 13.9. The van der Waals surface area contributed by atoms with Crippen molar-refractivity contribution in [2.45, 2.75) is 37.8 Å². The van der Waals surface area contributed by atoms with Crippen LogP contribution >= 0.6 is 0 Å². The summed E-state index contributed by atoms with van der Waals surface area (Å²) in [6, 6.07) is 25.9. The summed E-state index contributed by atoms with van der Waals surface area (Å²) in [6.45, 7) is -0.00647. The summed E-state index contributed by atoms with van der Waals surface area (Å²) in [7, 11) is 0. The average Bonchev–Trinajstić information content (AvgIpc) is 3.03. The van der Waals surface area contributed by atoms with Gasteiger partial charge in [0.25, 0.3) is 11.8 Å². The molecule has 0 atom stereocenters. The SMILES string of the molecule is O=C(COc1ccccc1)NC1CCC(Oc2ccc(Oc3ccc(C(=O)Nc4ccccc4C(=O)O)cn3)cc2)CC1. The molecule has 0 saturated heterocycles. The number of carbonyl (C=O) groups is 3. The molecule has 0 unspecified atom stereocenters. The third-order valence-corrected chi connectivity index (χ3v) is 6.91. The predicted octanol–water partition coefficient (Wildman–Crippen LogP) is 5.71. The molecule has 5 rings (SSSR count). The molecular formula is C33H31N3O7. The number of carbonyl (C=O) groups excluding carboxylic acids is 2. The van der Waals surface area contributed by atoms with Crippen molar-refractivity contribution in [3.8, 4) is 23.1 Å². The number of hydrogen-bond donors (Lipinski definition) is 3. The lowest BCUT2D eigenvalue weighted by atomic mass is 9.93. The molecule has 10 heteroatoms. The van der Waals surface area contributed by atoms with Crippen LogP contribution in [0.5, 0.6) is 23.1 Å². The van der Waals surface area contributed by atoms with Crippen molar-refractivity contribution in [1.82, 2.24) is 10.3 Å². The van der Waals surface area contributed by atoms with Gasteiger partial charge in [-0.15, -0.1) is 0 Å². The highest BCUT2D eigenvalue weighted by atomic mass is 16.5. The van der Waals surface area contributed by atoms with Crippen LogP contribution in [0, 0.1) is 0 Å². The quantitative estimate of drug-likeness (QED) is 0.205. The molecule has 43 heavy (non-hydrogen) atoms. The van der Waals surface area contributed by atoms with Crippen LogP contribution < -0.4 is 24.8 Å². The maximum Gasteiger partial charge on any atom is 0.337 e. The third-order valence-electron chi connectivity index (χ3n) is 6.91. The molecule has 220 valence electrons. The second-order valence-corrected chi connectivity index (χ2v) is 10.0. The second-order valence-electron chi connectivity index (χ2n) is 10.0. The lowest BCUT2D eigenvalue weighted by Crippen LogP contribution is -2.41. The van der Waals surface area contributed by atoms with Crippen LogP contribution in [0.2, 0.25) is 0 Å². The molecule has 1 saturated carbocycles. The Morgan fingerprint density at radius 2 is 1.49 bits per heavy atom. The number of ether oxygens (including phenoxy) is 3. The van der Waals surface area contributed by atoms with Crippen LogP contribution in [-0.2, 0) is 4.79 Å². The molecule has 10 nitrogen and oxygen atoms in total. The Hall–Kier alpha value is -5.38. The Kier molecular flexibility index (Phi) is 9.48. The minimum absolute atomic E-state index is 0.00180. The summed E-state index contributed by atoms with van der Waals surface area (Å²) in [5.41, 5.74) is 0.455. The van der Waals surface area contributed by atoms with Gasteiger partial charge in [0.1, 0.15) is 17.2 Å². The summed E-state index contributed by atoms with van der Waals surface area (Å²) in [6.07, 6.45) is 4.73. The maximum atomic E-state index is 12.6. The van der Waals surface area contributed by atoms with Crippen molar-refractivity contribution < 1.29 is 33.7 Å². The summed E-state index contributed by atoms with van der Waals surface area (Å²) >= 11 is 0. The van der Waals surface area contributed by atoms with E-state index < -0.39 is 11.9 Å². The largest absolute Gasteiger partial charge is 0.490 e. The van der Waals surface area contributed by atoms with E-state index in [1.54, 1.807) is 36.4 Å². The van der Waals surface area contributed by atoms with E-state index in [1.165, 1.54) is 18.3 Å². The Bertz CT molecular complexity index is 1540. The minimum Gasteiger partial charge on any atom is -0.490 e. The van der Waals surface area contributed by atoms with Crippen molar-refractivity contribution in [2.24, 2.45) is 0 Å². The van der Waals surface area contributed by atoms with Gasteiger partial charge in [0.2, 0.25) is 5.88 Å². The molecule has 1 fully saturated rings. The van der Waals surface area contributed by atoms with E-state index in [0.29, 0.717) is 17.4 Å². The van der Waals surface area contributed by atoms with Crippen LogP contribution in [0.15, 0.2) is 97.2 Å². The van der Waals surface area contributed by atoms with Crippen LogP contribution in [0.25, 0.3) is 0 Å². The number of pyridine rings is 1. The smallest absolute Gasteiger partial charge is 0.337 e. The molecule has 0 spiro atoms. The average molecular weight is 582 g/mol. The monoisotopic (exact) mass is 581 g/mol. The standard InChI is InChI=1S/C33H31N3O7/c37-30(21-41-24-6-2-1-3-7-24)35-23-11-13-25(14-12-23)42-26-15-17-27(18-16-26)43-31-19-10-22(20-34-31)32(38)36-29-9-5-4-8-28(29)33(39)40/h1-10,15-20,23,25H,11-14,21H2,(H,35,37)(H,36,38)(H,39,40). The highest BCUT2D eigenvalue weighted by Crippen LogP contribution is 2.27. The lowest BCUT2D eigenvalue weighted by Gasteiger charge is -2.29. The Morgan fingerprint density at radius 1 is 0.791 bits per heavy atom. The molecule has 3 aromatic carbocycles. The number of nitrogens with one attached hydrogen (secondary N) is 2. The first kappa shape index (κ1) is 29.1. The number of para-hydroxylation sites is 2. The first-order chi connectivity index (χ1) is 20.9. The maximum absolute atomic E-state index is 12.6. The molecule has 3 N–H and O–H groups in total. The van der Waals surface area contributed by atoms with E-state index in [0.717, 1.165) is 31.4 Å². The molecule has 1 aromatic heterocycles. The molecule has 1 aliphatic carbocycles. The fourth-order valence-electron chi connectivity index (χ4n) is 4.71. The summed E-state index contributed by atoms with van der Waals surface area (Å²) in [5.74, 6) is 0.497. The number of hydrogen-bond acceptors (Lipinski definition) is 7. The molecule has 0 aliphatic heterocycles. The Morgan fingerprint density at radius 3 is 2.19 bits per heavy atom. The molecule has 1 heterocycles. The molecule has 0 bridgehead atoms. The van der Waals surface area contributed by atoms with Gasteiger partial charge in [-0.3, -0.25) is 9.59 Å². The van der Waals surface area contributed by atoms with Crippen molar-refractivity contribution >= 4 is 23.5 Å². The predicted molar refractivity (Wildman–Crippen MR) is 159 cm³/mol. The Balaban J connectivity index is 1.05. The number of aromatic carboxylic acids is 1. The van der Waals surface area contributed by atoms with E-state index in [4.69, 9.17) is 14.2 Å². The zero-order valence-corrected chi connectivity index (χ0v) is 23.3. The highest BCUT2D eigenvalue weighted by Gasteiger charge is 2.24. The summed E-state index contributed by atoms with van der Waals surface area (Å²) in [5, 5.41) is 14.9. The number of nitrogens with zero attached hydrogens (tertiary/aromatic N) is 1. The number of rotatable bonds is 11.